The quantitative estimate of drug-likeness (QED) is 0.675. The third-order valence-corrected chi connectivity index (χ3v) is 4.09. The van der Waals surface area contributed by atoms with Gasteiger partial charge < -0.3 is 10.6 Å². The largest absolute Gasteiger partial charge is 0.389 e. The summed E-state index contributed by atoms with van der Waals surface area (Å²) in [5, 5.41) is 0. The van der Waals surface area contributed by atoms with Gasteiger partial charge in [0, 0.05) is 23.7 Å². The first kappa shape index (κ1) is 14.8. The monoisotopic (exact) mass is 303 g/mol. The maximum absolute atomic E-state index is 5.94. The SMILES string of the molecule is CCSc1cccc(N(C)c2cccnc2)c1C(N)=S. The Kier molecular flexibility index (Phi) is 4.98. The van der Waals surface area contributed by atoms with Crippen LogP contribution in [0.1, 0.15) is 12.5 Å². The minimum atomic E-state index is 0.423. The molecule has 1 aromatic carbocycles. The summed E-state index contributed by atoms with van der Waals surface area (Å²) in [6.45, 7) is 2.12. The van der Waals surface area contributed by atoms with Crippen molar-refractivity contribution in [2.24, 2.45) is 5.73 Å². The van der Waals surface area contributed by atoms with Crippen molar-refractivity contribution in [3.8, 4) is 0 Å². The molecule has 2 aromatic rings. The Morgan fingerprint density at radius 3 is 2.75 bits per heavy atom. The molecule has 0 saturated carbocycles. The van der Waals surface area contributed by atoms with Crippen LogP contribution in [0.15, 0.2) is 47.6 Å². The number of aromatic nitrogens is 1. The Hall–Kier alpha value is -1.59. The normalized spacial score (nSPS) is 10.3. The van der Waals surface area contributed by atoms with Crippen molar-refractivity contribution in [1.82, 2.24) is 4.98 Å². The van der Waals surface area contributed by atoms with E-state index in [4.69, 9.17) is 18.0 Å². The molecule has 2 N–H and O–H groups in total. The Morgan fingerprint density at radius 1 is 1.35 bits per heavy atom. The highest BCUT2D eigenvalue weighted by atomic mass is 32.2. The van der Waals surface area contributed by atoms with Crippen LogP contribution in [0.5, 0.6) is 0 Å². The zero-order valence-corrected chi connectivity index (χ0v) is 13.2. The third-order valence-electron chi connectivity index (χ3n) is 2.95. The van der Waals surface area contributed by atoms with Gasteiger partial charge in [0.2, 0.25) is 0 Å². The number of hydrogen-bond acceptors (Lipinski definition) is 4. The summed E-state index contributed by atoms with van der Waals surface area (Å²) >= 11 is 6.99. The number of nitrogens with two attached hydrogens (primary N) is 1. The third kappa shape index (κ3) is 3.11. The van der Waals surface area contributed by atoms with E-state index in [0.29, 0.717) is 4.99 Å². The predicted octanol–water partition coefficient (Wildman–Crippen LogP) is 3.60. The van der Waals surface area contributed by atoms with Gasteiger partial charge in [0.1, 0.15) is 4.99 Å². The van der Waals surface area contributed by atoms with Crippen molar-refractivity contribution in [2.45, 2.75) is 11.8 Å². The van der Waals surface area contributed by atoms with Gasteiger partial charge in [0.05, 0.1) is 17.6 Å². The summed E-state index contributed by atoms with van der Waals surface area (Å²) in [7, 11) is 1.99. The summed E-state index contributed by atoms with van der Waals surface area (Å²) in [6.07, 6.45) is 3.58. The molecular weight excluding hydrogens is 286 g/mol. The Balaban J connectivity index is 2.51. The maximum atomic E-state index is 5.94. The van der Waals surface area contributed by atoms with E-state index in [1.54, 1.807) is 18.0 Å². The number of benzene rings is 1. The van der Waals surface area contributed by atoms with Gasteiger partial charge in [-0.1, -0.05) is 25.2 Å². The Bertz CT molecular complexity index is 599. The fourth-order valence-corrected chi connectivity index (χ4v) is 3.14. The zero-order valence-electron chi connectivity index (χ0n) is 11.5. The molecule has 1 aromatic heterocycles. The second-order valence-electron chi connectivity index (χ2n) is 4.22. The first-order chi connectivity index (χ1) is 9.65. The molecule has 1 heterocycles. The topological polar surface area (TPSA) is 42.2 Å². The van der Waals surface area contributed by atoms with Crippen molar-refractivity contribution in [2.75, 3.05) is 17.7 Å². The number of anilines is 2. The van der Waals surface area contributed by atoms with E-state index < -0.39 is 0 Å². The summed E-state index contributed by atoms with van der Waals surface area (Å²) in [6, 6.07) is 10.0. The minimum Gasteiger partial charge on any atom is -0.389 e. The standard InChI is InChI=1S/C15H17N3S2/c1-3-20-13-8-4-7-12(14(13)15(16)19)18(2)11-6-5-9-17-10-11/h4-10H,3H2,1-2H3,(H2,16,19). The second kappa shape index (κ2) is 6.72. The van der Waals surface area contributed by atoms with Gasteiger partial charge in [-0.25, -0.2) is 0 Å². The van der Waals surface area contributed by atoms with Crippen LogP contribution in [0.2, 0.25) is 0 Å². The van der Waals surface area contributed by atoms with E-state index in [9.17, 15) is 0 Å². The summed E-state index contributed by atoms with van der Waals surface area (Å²) < 4.78 is 0. The lowest BCUT2D eigenvalue weighted by Crippen LogP contribution is -2.18. The van der Waals surface area contributed by atoms with Crippen LogP contribution in [-0.4, -0.2) is 22.8 Å². The van der Waals surface area contributed by atoms with Gasteiger partial charge in [-0.3, -0.25) is 4.98 Å². The van der Waals surface area contributed by atoms with Crippen LogP contribution < -0.4 is 10.6 Å². The molecule has 104 valence electrons. The highest BCUT2D eigenvalue weighted by molar-refractivity contribution is 7.99. The predicted molar refractivity (Wildman–Crippen MR) is 91.0 cm³/mol. The van der Waals surface area contributed by atoms with Gasteiger partial charge >= 0.3 is 0 Å². The van der Waals surface area contributed by atoms with Crippen molar-refractivity contribution < 1.29 is 0 Å². The summed E-state index contributed by atoms with van der Waals surface area (Å²) in [5.41, 5.74) is 8.88. The summed E-state index contributed by atoms with van der Waals surface area (Å²) in [5.74, 6) is 0.982. The fourth-order valence-electron chi connectivity index (χ4n) is 2.01. The van der Waals surface area contributed by atoms with Crippen molar-refractivity contribution in [3.63, 3.8) is 0 Å². The van der Waals surface area contributed by atoms with Gasteiger partial charge in [0.15, 0.2) is 0 Å². The molecular formula is C15H17N3S2. The lowest BCUT2D eigenvalue weighted by atomic mass is 10.1. The highest BCUT2D eigenvalue weighted by Gasteiger charge is 2.15. The average molecular weight is 303 g/mol. The van der Waals surface area contributed by atoms with E-state index >= 15 is 0 Å². The van der Waals surface area contributed by atoms with E-state index in [2.05, 4.69) is 22.9 Å². The smallest absolute Gasteiger partial charge is 0.107 e. The molecule has 0 spiro atoms. The van der Waals surface area contributed by atoms with Gasteiger partial charge in [-0.05, 0) is 30.0 Å². The number of thioether (sulfide) groups is 1. The molecule has 5 heteroatoms. The molecule has 20 heavy (non-hydrogen) atoms. The first-order valence-corrected chi connectivity index (χ1v) is 7.74. The van der Waals surface area contributed by atoms with Gasteiger partial charge in [0.25, 0.3) is 0 Å². The lowest BCUT2D eigenvalue weighted by Gasteiger charge is -2.23. The van der Waals surface area contributed by atoms with Gasteiger partial charge in [-0.2, -0.15) is 0 Å². The number of pyridine rings is 1. The first-order valence-electron chi connectivity index (χ1n) is 6.34. The summed E-state index contributed by atoms with van der Waals surface area (Å²) in [4.78, 5) is 7.75. The molecule has 0 fully saturated rings. The van der Waals surface area contributed by atoms with Crippen LogP contribution in [0, 0.1) is 0 Å². The fraction of sp³-hybridized carbons (Fsp3) is 0.200. The van der Waals surface area contributed by atoms with E-state index in [-0.39, 0.29) is 0 Å². The van der Waals surface area contributed by atoms with Crippen LogP contribution >= 0.6 is 24.0 Å². The van der Waals surface area contributed by atoms with Crippen LogP contribution in [0.25, 0.3) is 0 Å². The number of thiocarbonyl (C=S) groups is 1. The molecule has 0 saturated heterocycles. The Morgan fingerprint density at radius 2 is 2.15 bits per heavy atom. The highest BCUT2D eigenvalue weighted by Crippen LogP contribution is 2.33. The lowest BCUT2D eigenvalue weighted by molar-refractivity contribution is 1.16. The Labute approximate surface area is 129 Å². The molecule has 0 aliphatic rings. The zero-order chi connectivity index (χ0) is 14.5. The van der Waals surface area contributed by atoms with Crippen LogP contribution in [-0.2, 0) is 0 Å². The van der Waals surface area contributed by atoms with Crippen LogP contribution in [0.4, 0.5) is 11.4 Å². The second-order valence-corrected chi connectivity index (χ2v) is 5.96. The minimum absolute atomic E-state index is 0.423. The molecule has 0 radical (unpaired) electrons. The molecule has 0 atom stereocenters. The van der Waals surface area contributed by atoms with E-state index in [1.165, 1.54) is 0 Å². The maximum Gasteiger partial charge on any atom is 0.107 e. The molecule has 0 aliphatic heterocycles. The van der Waals surface area contributed by atoms with Crippen LogP contribution in [0.3, 0.4) is 0 Å². The average Bonchev–Trinajstić information content (AvgIpc) is 2.47. The molecule has 3 nitrogen and oxygen atoms in total. The molecule has 0 bridgehead atoms. The number of hydrogen-bond donors (Lipinski definition) is 1. The van der Waals surface area contributed by atoms with Crippen molar-refractivity contribution in [3.05, 3.63) is 48.3 Å². The van der Waals surface area contributed by atoms with Crippen molar-refractivity contribution >= 4 is 40.3 Å². The van der Waals surface area contributed by atoms with E-state index in [0.717, 1.165) is 27.6 Å². The van der Waals surface area contributed by atoms with E-state index in [1.807, 2.05) is 37.5 Å². The van der Waals surface area contributed by atoms with Crippen molar-refractivity contribution in [1.29, 1.82) is 0 Å². The molecule has 0 aliphatic carbocycles. The molecule has 0 amide bonds. The molecule has 0 unspecified atom stereocenters. The number of rotatable bonds is 5. The van der Waals surface area contributed by atoms with Gasteiger partial charge in [-0.15, -0.1) is 11.8 Å². The number of nitrogens with zero attached hydrogens (tertiary/aromatic N) is 2. The molecule has 2 rings (SSSR count).